The third kappa shape index (κ3) is 2.01. The summed E-state index contributed by atoms with van der Waals surface area (Å²) >= 11 is 0. The van der Waals surface area contributed by atoms with Crippen molar-refractivity contribution in [3.8, 4) is 0 Å². The predicted molar refractivity (Wildman–Crippen MR) is 74.3 cm³/mol. The molecule has 0 bridgehead atoms. The fourth-order valence-electron chi connectivity index (χ4n) is 2.79. The van der Waals surface area contributed by atoms with E-state index in [1.807, 2.05) is 0 Å². The second-order valence-electron chi connectivity index (χ2n) is 5.16. The van der Waals surface area contributed by atoms with Gasteiger partial charge in [0.05, 0.1) is 5.39 Å². The zero-order chi connectivity index (χ0) is 14.3. The molecule has 0 atom stereocenters. The minimum Gasteiger partial charge on any atom is -0.478 e. The van der Waals surface area contributed by atoms with Gasteiger partial charge in [0.25, 0.3) is 0 Å². The van der Waals surface area contributed by atoms with Gasteiger partial charge in [-0.2, -0.15) is 4.98 Å². The van der Waals surface area contributed by atoms with Crippen LogP contribution in [0.4, 0.5) is 5.82 Å². The highest BCUT2D eigenvalue weighted by Gasteiger charge is 2.26. The number of carboxylic acid groups (broad SMARTS) is 1. The van der Waals surface area contributed by atoms with Crippen LogP contribution in [-0.2, 0) is 0 Å². The summed E-state index contributed by atoms with van der Waals surface area (Å²) in [5.74, 6) is 0.683. The van der Waals surface area contributed by atoms with Crippen molar-refractivity contribution in [1.82, 2.24) is 9.97 Å². The van der Waals surface area contributed by atoms with Crippen molar-refractivity contribution in [2.75, 3.05) is 18.0 Å². The molecule has 6 nitrogen and oxygen atoms in total. The van der Waals surface area contributed by atoms with Gasteiger partial charge < -0.3 is 14.4 Å². The number of furan rings is 1. The summed E-state index contributed by atoms with van der Waals surface area (Å²) in [6.45, 7) is 5.25. The Bertz CT molecular complexity index is 672. The van der Waals surface area contributed by atoms with Crippen molar-refractivity contribution in [1.29, 1.82) is 0 Å². The van der Waals surface area contributed by atoms with Crippen molar-refractivity contribution in [3.63, 3.8) is 0 Å². The fourth-order valence-corrected chi connectivity index (χ4v) is 2.79. The van der Waals surface area contributed by atoms with Gasteiger partial charge in [-0.1, -0.05) is 0 Å². The van der Waals surface area contributed by atoms with Gasteiger partial charge in [-0.15, -0.1) is 0 Å². The molecule has 106 valence electrons. The van der Waals surface area contributed by atoms with Crippen LogP contribution in [0.1, 0.15) is 41.2 Å². The first-order valence-corrected chi connectivity index (χ1v) is 6.84. The highest BCUT2D eigenvalue weighted by molar-refractivity contribution is 6.07. The number of fused-ring (bicyclic) bond motifs is 1. The number of hydrogen-bond donors (Lipinski definition) is 1. The zero-order valence-corrected chi connectivity index (χ0v) is 11.6. The maximum atomic E-state index is 11.5. The average molecular weight is 275 g/mol. The Labute approximate surface area is 116 Å². The van der Waals surface area contributed by atoms with Crippen molar-refractivity contribution in [3.05, 3.63) is 17.1 Å². The van der Waals surface area contributed by atoms with Gasteiger partial charge in [0.15, 0.2) is 0 Å². The number of carboxylic acids is 1. The third-order valence-electron chi connectivity index (χ3n) is 3.69. The minimum atomic E-state index is -0.994. The van der Waals surface area contributed by atoms with Gasteiger partial charge in [-0.25, -0.2) is 9.78 Å². The minimum absolute atomic E-state index is 0.181. The number of hydrogen-bond acceptors (Lipinski definition) is 5. The van der Waals surface area contributed by atoms with E-state index < -0.39 is 5.97 Å². The topological polar surface area (TPSA) is 79.5 Å². The van der Waals surface area contributed by atoms with Gasteiger partial charge >= 0.3 is 5.97 Å². The number of anilines is 1. The first kappa shape index (κ1) is 12.9. The summed E-state index contributed by atoms with van der Waals surface area (Å²) in [6, 6.07) is 0. The lowest BCUT2D eigenvalue weighted by molar-refractivity contribution is 0.0697. The number of piperidine rings is 1. The first-order valence-electron chi connectivity index (χ1n) is 6.84. The largest absolute Gasteiger partial charge is 0.478 e. The van der Waals surface area contributed by atoms with Gasteiger partial charge in [0.1, 0.15) is 23.0 Å². The molecule has 2 aromatic heterocycles. The molecule has 0 saturated carbocycles. The Balaban J connectivity index is 2.25. The normalized spacial score (nSPS) is 15.8. The van der Waals surface area contributed by atoms with Gasteiger partial charge in [-0.3, -0.25) is 0 Å². The van der Waals surface area contributed by atoms with Gasteiger partial charge in [-0.05, 0) is 33.1 Å². The third-order valence-corrected chi connectivity index (χ3v) is 3.69. The van der Waals surface area contributed by atoms with Crippen LogP contribution in [0.15, 0.2) is 4.42 Å². The molecule has 2 aromatic rings. The Hall–Kier alpha value is -2.11. The smallest absolute Gasteiger partial charge is 0.340 e. The fraction of sp³-hybridized carbons (Fsp3) is 0.500. The van der Waals surface area contributed by atoms with Crippen LogP contribution in [0, 0.1) is 13.8 Å². The second-order valence-corrected chi connectivity index (χ2v) is 5.16. The van der Waals surface area contributed by atoms with Crippen LogP contribution in [0.3, 0.4) is 0 Å². The van der Waals surface area contributed by atoms with Gasteiger partial charge in [0, 0.05) is 13.1 Å². The van der Waals surface area contributed by atoms with Crippen LogP contribution < -0.4 is 4.90 Å². The van der Waals surface area contributed by atoms with Gasteiger partial charge in [0.2, 0.25) is 5.71 Å². The van der Waals surface area contributed by atoms with Crippen molar-refractivity contribution in [2.45, 2.75) is 33.1 Å². The van der Waals surface area contributed by atoms with E-state index in [-0.39, 0.29) is 5.56 Å². The molecular weight excluding hydrogens is 258 g/mol. The highest BCUT2D eigenvalue weighted by atomic mass is 16.4. The molecule has 20 heavy (non-hydrogen) atoms. The molecule has 1 aliphatic rings. The number of aryl methyl sites for hydroxylation is 2. The SMILES string of the molecule is Cc1nc(N2CCCCC2)c2c(C(=O)O)c(C)oc2n1. The average Bonchev–Trinajstić information content (AvgIpc) is 2.74. The molecule has 0 aliphatic carbocycles. The summed E-state index contributed by atoms with van der Waals surface area (Å²) in [5.41, 5.74) is 0.550. The molecule has 0 amide bonds. The molecule has 6 heteroatoms. The van der Waals surface area contributed by atoms with E-state index in [1.54, 1.807) is 13.8 Å². The lowest BCUT2D eigenvalue weighted by atomic mass is 10.1. The van der Waals surface area contributed by atoms with Crippen molar-refractivity contribution < 1.29 is 14.3 Å². The van der Waals surface area contributed by atoms with Crippen LogP contribution in [0.2, 0.25) is 0 Å². The maximum absolute atomic E-state index is 11.5. The number of aromatic carboxylic acids is 1. The zero-order valence-electron chi connectivity index (χ0n) is 11.6. The molecule has 0 spiro atoms. The molecule has 0 radical (unpaired) electrons. The van der Waals surface area contributed by atoms with E-state index >= 15 is 0 Å². The molecule has 1 fully saturated rings. The summed E-state index contributed by atoms with van der Waals surface area (Å²) < 4.78 is 5.51. The maximum Gasteiger partial charge on any atom is 0.340 e. The standard InChI is InChI=1S/C14H17N3O3/c1-8-10(14(18)19)11-12(17-6-4-3-5-7-17)15-9(2)16-13(11)20-8/h3-7H2,1-2H3,(H,18,19). The summed E-state index contributed by atoms with van der Waals surface area (Å²) in [7, 11) is 0. The molecule has 0 unspecified atom stereocenters. The molecule has 1 N–H and O–H groups in total. The molecule has 0 aromatic carbocycles. The van der Waals surface area contributed by atoms with E-state index in [0.29, 0.717) is 28.5 Å². The van der Waals surface area contributed by atoms with Crippen LogP contribution in [0.25, 0.3) is 11.1 Å². The number of nitrogens with zero attached hydrogens (tertiary/aromatic N) is 3. The van der Waals surface area contributed by atoms with E-state index in [1.165, 1.54) is 6.42 Å². The van der Waals surface area contributed by atoms with E-state index in [4.69, 9.17) is 4.42 Å². The number of rotatable bonds is 2. The Morgan fingerprint density at radius 3 is 2.55 bits per heavy atom. The Morgan fingerprint density at radius 2 is 1.90 bits per heavy atom. The van der Waals surface area contributed by atoms with Crippen LogP contribution in [0.5, 0.6) is 0 Å². The van der Waals surface area contributed by atoms with E-state index in [0.717, 1.165) is 25.9 Å². The highest BCUT2D eigenvalue weighted by Crippen LogP contribution is 2.33. The summed E-state index contributed by atoms with van der Waals surface area (Å²) in [5, 5.41) is 9.94. The molecule has 3 heterocycles. The summed E-state index contributed by atoms with van der Waals surface area (Å²) in [6.07, 6.45) is 3.41. The van der Waals surface area contributed by atoms with Crippen molar-refractivity contribution >= 4 is 22.9 Å². The monoisotopic (exact) mass is 275 g/mol. The van der Waals surface area contributed by atoms with Crippen LogP contribution >= 0.6 is 0 Å². The Kier molecular flexibility index (Phi) is 3.08. The lowest BCUT2D eigenvalue weighted by Gasteiger charge is -2.28. The quantitative estimate of drug-likeness (QED) is 0.907. The second kappa shape index (κ2) is 4.77. The number of aromatic nitrogens is 2. The first-order chi connectivity index (χ1) is 9.58. The Morgan fingerprint density at radius 1 is 1.20 bits per heavy atom. The van der Waals surface area contributed by atoms with Crippen LogP contribution in [-0.4, -0.2) is 34.1 Å². The number of carbonyl (C=O) groups is 1. The van der Waals surface area contributed by atoms with E-state index in [9.17, 15) is 9.90 Å². The van der Waals surface area contributed by atoms with Crippen molar-refractivity contribution in [2.24, 2.45) is 0 Å². The van der Waals surface area contributed by atoms with E-state index in [2.05, 4.69) is 14.9 Å². The molecular formula is C14H17N3O3. The predicted octanol–water partition coefficient (Wildman–Crippen LogP) is 2.53. The lowest BCUT2D eigenvalue weighted by Crippen LogP contribution is -2.30. The summed E-state index contributed by atoms with van der Waals surface area (Å²) in [4.78, 5) is 22.3. The molecule has 1 saturated heterocycles. The molecule has 1 aliphatic heterocycles. The molecule has 3 rings (SSSR count).